The first-order chi connectivity index (χ1) is 15.8. The number of anilines is 1. The van der Waals surface area contributed by atoms with Gasteiger partial charge in [0.1, 0.15) is 17.2 Å². The minimum atomic E-state index is -0.628. The molecule has 1 aliphatic carbocycles. The smallest absolute Gasteiger partial charge is 0.343 e. The maximum absolute atomic E-state index is 11.3. The number of hydrogen-bond acceptors (Lipinski definition) is 8. The van der Waals surface area contributed by atoms with Gasteiger partial charge in [0.25, 0.3) is 0 Å². The molecule has 0 atom stereocenters. The third-order valence-electron chi connectivity index (χ3n) is 6.60. The van der Waals surface area contributed by atoms with Gasteiger partial charge in [0, 0.05) is 23.5 Å². The molecule has 0 radical (unpaired) electrons. The number of hydrogen-bond donors (Lipinski definition) is 2. The lowest BCUT2D eigenvalue weighted by atomic mass is 9.77. The second-order valence-electron chi connectivity index (χ2n) is 9.45. The summed E-state index contributed by atoms with van der Waals surface area (Å²) in [6.45, 7) is 5.78. The van der Waals surface area contributed by atoms with Crippen molar-refractivity contribution in [2.45, 2.75) is 64.4 Å². The van der Waals surface area contributed by atoms with Gasteiger partial charge in [0.05, 0.1) is 5.71 Å². The van der Waals surface area contributed by atoms with Crippen molar-refractivity contribution in [3.63, 3.8) is 0 Å². The van der Waals surface area contributed by atoms with E-state index in [-0.39, 0.29) is 4.87 Å². The highest BCUT2D eigenvalue weighted by molar-refractivity contribution is 7.02. The van der Waals surface area contributed by atoms with Gasteiger partial charge >= 0.3 is 4.87 Å². The van der Waals surface area contributed by atoms with Crippen molar-refractivity contribution in [2.75, 3.05) is 5.73 Å². The quantitative estimate of drug-likeness (QED) is 0.593. The van der Waals surface area contributed by atoms with Crippen molar-refractivity contribution in [1.82, 2.24) is 19.3 Å². The molecular weight excluding hydrogens is 436 g/mol. The average Bonchev–Trinajstić information content (AvgIpc) is 3.18. The minimum absolute atomic E-state index is 0.135. The van der Waals surface area contributed by atoms with Crippen molar-refractivity contribution in [3.05, 3.63) is 56.7 Å². The van der Waals surface area contributed by atoms with Gasteiger partial charge in [-0.2, -0.15) is 9.97 Å². The number of H-pyrrole nitrogens is 1. The van der Waals surface area contributed by atoms with Crippen molar-refractivity contribution in [3.8, 4) is 5.88 Å². The Hall–Kier alpha value is -3.07. The van der Waals surface area contributed by atoms with Crippen LogP contribution >= 0.6 is 11.5 Å². The van der Waals surface area contributed by atoms with E-state index in [4.69, 9.17) is 15.5 Å². The highest BCUT2D eigenvalue weighted by Crippen LogP contribution is 2.40. The van der Waals surface area contributed by atoms with Crippen LogP contribution in [0.25, 0.3) is 0 Å². The van der Waals surface area contributed by atoms with Crippen molar-refractivity contribution in [2.24, 2.45) is 10.9 Å². The van der Waals surface area contributed by atoms with Crippen LogP contribution in [0.2, 0.25) is 0 Å². The number of nitrogens with two attached hydrogens (primary N) is 1. The summed E-state index contributed by atoms with van der Waals surface area (Å²) in [5.41, 5.74) is 9.15. The second kappa shape index (κ2) is 8.37. The predicted octanol–water partition coefficient (Wildman–Crippen LogP) is 4.32. The van der Waals surface area contributed by atoms with E-state index in [1.807, 2.05) is 13.8 Å². The molecule has 8 nitrogen and oxygen atoms in total. The van der Waals surface area contributed by atoms with Crippen LogP contribution in [-0.2, 0) is 6.42 Å². The Kier molecular flexibility index (Phi) is 5.52. The van der Waals surface area contributed by atoms with Crippen molar-refractivity contribution in [1.29, 1.82) is 0 Å². The topological polar surface area (TPSA) is 119 Å². The molecule has 1 aliphatic heterocycles. The van der Waals surface area contributed by atoms with Crippen molar-refractivity contribution < 1.29 is 4.74 Å². The van der Waals surface area contributed by atoms with E-state index in [2.05, 4.69) is 43.6 Å². The number of aryl methyl sites for hydroxylation is 1. The molecule has 0 saturated heterocycles. The number of aliphatic imine (C=N–C) groups is 1. The molecule has 9 heteroatoms. The first-order valence-corrected chi connectivity index (χ1v) is 12.2. The molecule has 172 valence electrons. The van der Waals surface area contributed by atoms with Crippen molar-refractivity contribution >= 4 is 28.7 Å². The summed E-state index contributed by atoms with van der Waals surface area (Å²) in [5.74, 6) is 3.31. The van der Waals surface area contributed by atoms with Crippen LogP contribution in [0.4, 0.5) is 11.5 Å². The number of benzene rings is 1. The fraction of sp³-hybridized carbons (Fsp3) is 0.458. The van der Waals surface area contributed by atoms with E-state index in [1.54, 1.807) is 6.92 Å². The van der Waals surface area contributed by atoms with Gasteiger partial charge in [0.15, 0.2) is 11.5 Å². The minimum Gasteiger partial charge on any atom is -0.463 e. The molecule has 1 aromatic carbocycles. The van der Waals surface area contributed by atoms with Gasteiger partial charge in [0.2, 0.25) is 5.88 Å². The summed E-state index contributed by atoms with van der Waals surface area (Å²) in [6.07, 6.45) is 5.46. The molecule has 0 unspecified atom stereocenters. The Morgan fingerprint density at radius 3 is 2.52 bits per heavy atom. The van der Waals surface area contributed by atoms with E-state index < -0.39 is 5.60 Å². The zero-order valence-electron chi connectivity index (χ0n) is 19.1. The van der Waals surface area contributed by atoms with Crippen LogP contribution in [0.1, 0.15) is 68.2 Å². The maximum atomic E-state index is 11.3. The zero-order chi connectivity index (χ0) is 23.2. The van der Waals surface area contributed by atoms with E-state index in [9.17, 15) is 4.79 Å². The highest BCUT2D eigenvalue weighted by Gasteiger charge is 2.35. The number of fused-ring (bicyclic) bond motifs is 1. The molecule has 3 aromatic rings. The molecule has 2 aliphatic rings. The molecular formula is C24H28N6O2S. The Morgan fingerprint density at radius 1 is 1.12 bits per heavy atom. The highest BCUT2D eigenvalue weighted by atomic mass is 32.1. The van der Waals surface area contributed by atoms with Gasteiger partial charge in [-0.15, -0.1) is 0 Å². The zero-order valence-corrected chi connectivity index (χ0v) is 19.9. The normalized spacial score (nSPS) is 21.7. The summed E-state index contributed by atoms with van der Waals surface area (Å²) in [4.78, 5) is 28.6. The molecule has 1 fully saturated rings. The van der Waals surface area contributed by atoms with Gasteiger partial charge in [-0.05, 0) is 63.9 Å². The van der Waals surface area contributed by atoms with E-state index in [0.717, 1.165) is 60.7 Å². The summed E-state index contributed by atoms with van der Waals surface area (Å²) in [6, 6.07) is 8.67. The molecule has 3 heterocycles. The lowest BCUT2D eigenvalue weighted by Gasteiger charge is -2.32. The number of aromatic amines is 1. The Bertz CT molecular complexity index is 1250. The fourth-order valence-corrected chi connectivity index (χ4v) is 5.41. The number of ether oxygens (including phenoxy) is 1. The molecule has 3 N–H and O–H groups in total. The monoisotopic (exact) mass is 464 g/mol. The first kappa shape index (κ1) is 21.8. The number of aromatic nitrogens is 4. The van der Waals surface area contributed by atoms with Gasteiger partial charge < -0.3 is 10.5 Å². The summed E-state index contributed by atoms with van der Waals surface area (Å²) < 4.78 is 9.20. The van der Waals surface area contributed by atoms with Gasteiger partial charge in [-0.25, -0.2) is 9.98 Å². The third kappa shape index (κ3) is 4.42. The average molecular weight is 465 g/mol. The van der Waals surface area contributed by atoms with E-state index >= 15 is 0 Å². The lowest BCUT2D eigenvalue weighted by Crippen LogP contribution is -2.41. The standard InChI is InChI=1S/C24H28N6O2S/c1-13-26-21(25)19-22(27-13)32-24(2,3)20(29-19)17-10-8-16(9-11-17)15-6-4-14(5-7-15)12-18-28-23(31)33-30-18/h8-11,14-15H,4-7,12H2,1-3H3,(H2,25,26,27)(H,28,30,31)/t14-,15-. The van der Waals surface area contributed by atoms with Crippen LogP contribution in [0.3, 0.4) is 0 Å². The van der Waals surface area contributed by atoms with E-state index in [1.165, 1.54) is 5.56 Å². The van der Waals surface area contributed by atoms with Gasteiger partial charge in [-0.1, -0.05) is 24.3 Å². The fourth-order valence-electron chi connectivity index (χ4n) is 4.92. The van der Waals surface area contributed by atoms with Crippen LogP contribution < -0.4 is 15.3 Å². The number of rotatable bonds is 4. The number of nitrogens with zero attached hydrogens (tertiary/aromatic N) is 4. The lowest BCUT2D eigenvalue weighted by molar-refractivity contribution is 0.171. The number of nitrogens with one attached hydrogen (secondary N) is 1. The molecule has 2 aromatic heterocycles. The maximum Gasteiger partial charge on any atom is 0.343 e. The van der Waals surface area contributed by atoms with Gasteiger partial charge in [-0.3, -0.25) is 9.17 Å². The predicted molar refractivity (Wildman–Crippen MR) is 130 cm³/mol. The van der Waals surface area contributed by atoms with E-state index in [0.29, 0.717) is 35.0 Å². The molecule has 33 heavy (non-hydrogen) atoms. The molecule has 1 saturated carbocycles. The Morgan fingerprint density at radius 2 is 1.85 bits per heavy atom. The molecule has 0 spiro atoms. The Labute approximate surface area is 196 Å². The molecule has 0 bridgehead atoms. The Balaban J connectivity index is 1.30. The van der Waals surface area contributed by atoms with Crippen LogP contribution in [0.15, 0.2) is 34.1 Å². The second-order valence-corrected chi connectivity index (χ2v) is 10.2. The summed E-state index contributed by atoms with van der Waals surface area (Å²) >= 11 is 1.08. The summed E-state index contributed by atoms with van der Waals surface area (Å²) in [7, 11) is 0. The van der Waals surface area contributed by atoms with Crippen LogP contribution in [0, 0.1) is 12.8 Å². The van der Waals surface area contributed by atoms with Crippen LogP contribution in [0.5, 0.6) is 5.88 Å². The largest absolute Gasteiger partial charge is 0.463 e. The first-order valence-electron chi connectivity index (χ1n) is 11.4. The SMILES string of the molecule is Cc1nc(N)c2c(n1)OC(C)(C)C(c1ccc([C@H]3CC[C@H](Cc4nc(=O)s[nH]4)CC3)cc1)=N2. The summed E-state index contributed by atoms with van der Waals surface area (Å²) in [5, 5.41) is 0. The van der Waals surface area contributed by atoms with Crippen LogP contribution in [-0.4, -0.2) is 30.6 Å². The third-order valence-corrected chi connectivity index (χ3v) is 7.21. The molecule has 5 rings (SSSR count). The number of nitrogen functional groups attached to an aromatic ring is 1. The molecule has 0 amide bonds.